The van der Waals surface area contributed by atoms with Crippen molar-refractivity contribution in [1.82, 2.24) is 20.2 Å². The van der Waals surface area contributed by atoms with Gasteiger partial charge >= 0.3 is 0 Å². The molecule has 0 saturated carbocycles. The van der Waals surface area contributed by atoms with Gasteiger partial charge in [-0.25, -0.2) is 4.98 Å². The van der Waals surface area contributed by atoms with Crippen molar-refractivity contribution in [3.63, 3.8) is 0 Å². The Kier molecular flexibility index (Phi) is 4.45. The molecule has 124 valence electrons. The highest BCUT2D eigenvalue weighted by Gasteiger charge is 2.33. The SMILES string of the molecule is Cc1cc(OC2CCN(C(=O)C3CCC(=O)N3)CC2)nc(C)n1. The highest BCUT2D eigenvalue weighted by Crippen LogP contribution is 2.20. The third-order valence-corrected chi connectivity index (χ3v) is 4.28. The molecule has 1 N–H and O–H groups in total. The Morgan fingerprint density at radius 2 is 2.00 bits per heavy atom. The number of ether oxygens (including phenoxy) is 1. The molecule has 0 aliphatic carbocycles. The van der Waals surface area contributed by atoms with Crippen molar-refractivity contribution in [2.45, 2.75) is 51.7 Å². The van der Waals surface area contributed by atoms with E-state index in [0.717, 1.165) is 18.5 Å². The van der Waals surface area contributed by atoms with E-state index in [1.165, 1.54) is 0 Å². The Morgan fingerprint density at radius 3 is 2.61 bits per heavy atom. The molecule has 0 aromatic carbocycles. The summed E-state index contributed by atoms with van der Waals surface area (Å²) in [5.41, 5.74) is 0.886. The van der Waals surface area contributed by atoms with Crippen LogP contribution in [0.3, 0.4) is 0 Å². The smallest absolute Gasteiger partial charge is 0.245 e. The van der Waals surface area contributed by atoms with Crippen LogP contribution in [0.4, 0.5) is 0 Å². The van der Waals surface area contributed by atoms with Gasteiger partial charge in [-0.1, -0.05) is 0 Å². The summed E-state index contributed by atoms with van der Waals surface area (Å²) in [5, 5.41) is 2.74. The average molecular weight is 318 g/mol. The number of likely N-dealkylation sites (tertiary alicyclic amines) is 1. The van der Waals surface area contributed by atoms with Crippen molar-refractivity contribution in [2.24, 2.45) is 0 Å². The van der Waals surface area contributed by atoms with E-state index >= 15 is 0 Å². The highest BCUT2D eigenvalue weighted by atomic mass is 16.5. The number of aryl methyl sites for hydroxylation is 2. The zero-order valence-electron chi connectivity index (χ0n) is 13.5. The second-order valence-electron chi connectivity index (χ2n) is 6.20. The van der Waals surface area contributed by atoms with E-state index < -0.39 is 0 Å². The topological polar surface area (TPSA) is 84.4 Å². The number of aromatic nitrogens is 2. The van der Waals surface area contributed by atoms with Crippen LogP contribution < -0.4 is 10.1 Å². The lowest BCUT2D eigenvalue weighted by atomic mass is 10.1. The first-order valence-electron chi connectivity index (χ1n) is 8.08. The molecular weight excluding hydrogens is 296 g/mol. The van der Waals surface area contributed by atoms with Crippen molar-refractivity contribution < 1.29 is 14.3 Å². The largest absolute Gasteiger partial charge is 0.474 e. The van der Waals surface area contributed by atoms with Crippen molar-refractivity contribution in [3.05, 3.63) is 17.6 Å². The second-order valence-corrected chi connectivity index (χ2v) is 6.20. The molecule has 1 aromatic rings. The van der Waals surface area contributed by atoms with Gasteiger partial charge in [0.25, 0.3) is 0 Å². The first-order valence-corrected chi connectivity index (χ1v) is 8.08. The predicted molar refractivity (Wildman–Crippen MR) is 82.9 cm³/mol. The van der Waals surface area contributed by atoms with Crippen LogP contribution in [0, 0.1) is 13.8 Å². The molecule has 2 saturated heterocycles. The highest BCUT2D eigenvalue weighted by molar-refractivity contribution is 5.90. The van der Waals surface area contributed by atoms with Gasteiger partial charge < -0.3 is 15.0 Å². The third kappa shape index (κ3) is 3.78. The van der Waals surface area contributed by atoms with Gasteiger partial charge in [-0.15, -0.1) is 0 Å². The molecule has 7 heteroatoms. The fourth-order valence-corrected chi connectivity index (χ4v) is 3.13. The Labute approximate surface area is 135 Å². The van der Waals surface area contributed by atoms with E-state index in [-0.39, 0.29) is 24.0 Å². The summed E-state index contributed by atoms with van der Waals surface area (Å²) >= 11 is 0. The fourth-order valence-electron chi connectivity index (χ4n) is 3.13. The van der Waals surface area contributed by atoms with Crippen LogP contribution in [0.15, 0.2) is 6.07 Å². The minimum atomic E-state index is -0.341. The van der Waals surface area contributed by atoms with E-state index in [0.29, 0.717) is 37.6 Å². The minimum Gasteiger partial charge on any atom is -0.474 e. The zero-order valence-corrected chi connectivity index (χ0v) is 13.5. The number of carbonyl (C=O) groups excluding carboxylic acids is 2. The average Bonchev–Trinajstić information content (AvgIpc) is 2.93. The van der Waals surface area contributed by atoms with Crippen molar-refractivity contribution in [3.8, 4) is 5.88 Å². The van der Waals surface area contributed by atoms with E-state index in [9.17, 15) is 9.59 Å². The molecule has 7 nitrogen and oxygen atoms in total. The molecule has 0 spiro atoms. The van der Waals surface area contributed by atoms with E-state index in [1.54, 1.807) is 0 Å². The van der Waals surface area contributed by atoms with Crippen LogP contribution in [0.1, 0.15) is 37.2 Å². The molecule has 2 amide bonds. The number of hydrogen-bond donors (Lipinski definition) is 1. The first-order chi connectivity index (χ1) is 11.0. The molecule has 0 radical (unpaired) electrons. The van der Waals surface area contributed by atoms with Gasteiger partial charge in [-0.3, -0.25) is 9.59 Å². The molecule has 3 rings (SSSR count). The Morgan fingerprint density at radius 1 is 1.26 bits per heavy atom. The quantitative estimate of drug-likeness (QED) is 0.888. The fraction of sp³-hybridized carbons (Fsp3) is 0.625. The van der Waals surface area contributed by atoms with Gasteiger partial charge in [-0.05, 0) is 20.3 Å². The number of piperidine rings is 1. The summed E-state index contributed by atoms with van der Waals surface area (Å²) in [6.07, 6.45) is 2.66. The number of nitrogens with one attached hydrogen (secondary N) is 1. The van der Waals surface area contributed by atoms with Crippen molar-refractivity contribution in [2.75, 3.05) is 13.1 Å². The van der Waals surface area contributed by atoms with E-state index in [4.69, 9.17) is 4.74 Å². The maximum absolute atomic E-state index is 12.4. The lowest BCUT2D eigenvalue weighted by molar-refractivity contribution is -0.136. The van der Waals surface area contributed by atoms with E-state index in [2.05, 4.69) is 15.3 Å². The van der Waals surface area contributed by atoms with Gasteiger partial charge in [-0.2, -0.15) is 4.98 Å². The van der Waals surface area contributed by atoms with Gasteiger partial charge in [0.05, 0.1) is 0 Å². The van der Waals surface area contributed by atoms with Gasteiger partial charge in [0, 0.05) is 44.1 Å². The summed E-state index contributed by atoms with van der Waals surface area (Å²) in [5.74, 6) is 1.30. The molecule has 2 fully saturated rings. The van der Waals surface area contributed by atoms with Crippen LogP contribution in [0.5, 0.6) is 5.88 Å². The summed E-state index contributed by atoms with van der Waals surface area (Å²) in [4.78, 5) is 33.9. The lowest BCUT2D eigenvalue weighted by Gasteiger charge is -2.33. The van der Waals surface area contributed by atoms with Crippen molar-refractivity contribution >= 4 is 11.8 Å². The molecule has 23 heavy (non-hydrogen) atoms. The molecular formula is C16H22N4O3. The summed E-state index contributed by atoms with van der Waals surface area (Å²) in [7, 11) is 0. The molecule has 1 unspecified atom stereocenters. The standard InChI is InChI=1S/C16H22N4O3/c1-10-9-15(18-11(2)17-10)23-12-5-7-20(8-6-12)16(22)13-3-4-14(21)19-13/h9,12-13H,3-8H2,1-2H3,(H,19,21). The van der Waals surface area contributed by atoms with Gasteiger partial charge in [0.2, 0.25) is 17.7 Å². The van der Waals surface area contributed by atoms with Crippen LogP contribution >= 0.6 is 0 Å². The lowest BCUT2D eigenvalue weighted by Crippen LogP contribution is -2.49. The zero-order chi connectivity index (χ0) is 16.4. The number of amides is 2. The maximum atomic E-state index is 12.4. The van der Waals surface area contributed by atoms with Crippen LogP contribution in [0.25, 0.3) is 0 Å². The molecule has 2 aliphatic heterocycles. The number of hydrogen-bond acceptors (Lipinski definition) is 5. The van der Waals surface area contributed by atoms with Crippen LogP contribution in [-0.2, 0) is 9.59 Å². The third-order valence-electron chi connectivity index (χ3n) is 4.28. The van der Waals surface area contributed by atoms with Gasteiger partial charge in [0.1, 0.15) is 18.0 Å². The first kappa shape index (κ1) is 15.7. The Balaban J connectivity index is 1.52. The molecule has 0 bridgehead atoms. The molecule has 3 heterocycles. The summed E-state index contributed by atoms with van der Waals surface area (Å²) < 4.78 is 5.93. The monoisotopic (exact) mass is 318 g/mol. The normalized spacial score (nSPS) is 22.1. The number of rotatable bonds is 3. The molecule has 1 atom stereocenters. The van der Waals surface area contributed by atoms with E-state index in [1.807, 2.05) is 24.8 Å². The molecule has 2 aliphatic rings. The molecule has 1 aromatic heterocycles. The maximum Gasteiger partial charge on any atom is 0.245 e. The number of carbonyl (C=O) groups is 2. The minimum absolute atomic E-state index is 0.0306. The van der Waals surface area contributed by atoms with Crippen LogP contribution in [-0.4, -0.2) is 51.9 Å². The Bertz CT molecular complexity index is 591. The number of nitrogens with zero attached hydrogens (tertiary/aromatic N) is 3. The van der Waals surface area contributed by atoms with Crippen molar-refractivity contribution in [1.29, 1.82) is 0 Å². The van der Waals surface area contributed by atoms with Gasteiger partial charge in [0.15, 0.2) is 0 Å². The summed E-state index contributed by atoms with van der Waals surface area (Å²) in [6.45, 7) is 5.06. The predicted octanol–water partition coefficient (Wildman–Crippen LogP) is 0.742. The summed E-state index contributed by atoms with van der Waals surface area (Å²) in [6, 6.07) is 1.49. The van der Waals surface area contributed by atoms with Crippen LogP contribution in [0.2, 0.25) is 0 Å². The Hall–Kier alpha value is -2.18. The second kappa shape index (κ2) is 6.52.